The molecule has 28 heavy (non-hydrogen) atoms. The standard InChI is InChI=1S/C17H16BrF3N6O/c1-2-26-13(10(18)7-23-26)8-22-16(28)12-6-15-24-11(9-3-4-9)5-14(17(19,20)21)27(15)25-12/h5-7,9H,2-4,8H2,1H3,(H,22,28). The molecule has 1 N–H and O–H groups in total. The van der Waals surface area contributed by atoms with E-state index >= 15 is 0 Å². The van der Waals surface area contributed by atoms with Gasteiger partial charge in [0.25, 0.3) is 5.91 Å². The van der Waals surface area contributed by atoms with E-state index in [-0.39, 0.29) is 23.8 Å². The van der Waals surface area contributed by atoms with Crippen molar-refractivity contribution in [3.05, 3.63) is 45.6 Å². The fourth-order valence-electron chi connectivity index (χ4n) is 2.99. The number of hydrogen-bond acceptors (Lipinski definition) is 4. The Labute approximate surface area is 166 Å². The molecule has 0 aliphatic heterocycles. The zero-order valence-electron chi connectivity index (χ0n) is 14.8. The molecule has 1 fully saturated rings. The lowest BCUT2D eigenvalue weighted by atomic mass is 10.2. The summed E-state index contributed by atoms with van der Waals surface area (Å²) in [7, 11) is 0. The largest absolute Gasteiger partial charge is 0.433 e. The Morgan fingerprint density at radius 2 is 2.11 bits per heavy atom. The summed E-state index contributed by atoms with van der Waals surface area (Å²) in [5.74, 6) is -0.535. The van der Waals surface area contributed by atoms with Gasteiger partial charge in [-0.05, 0) is 41.8 Å². The molecule has 1 amide bonds. The molecule has 0 spiro atoms. The highest BCUT2D eigenvalue weighted by molar-refractivity contribution is 9.10. The molecular weight excluding hydrogens is 441 g/mol. The van der Waals surface area contributed by atoms with Crippen LogP contribution in [0.2, 0.25) is 0 Å². The van der Waals surface area contributed by atoms with Gasteiger partial charge < -0.3 is 5.32 Å². The lowest BCUT2D eigenvalue weighted by Crippen LogP contribution is -2.25. The van der Waals surface area contributed by atoms with Gasteiger partial charge in [0.2, 0.25) is 0 Å². The summed E-state index contributed by atoms with van der Waals surface area (Å²) in [6.07, 6.45) is -1.33. The number of alkyl halides is 3. The monoisotopic (exact) mass is 456 g/mol. The molecule has 7 nitrogen and oxygen atoms in total. The van der Waals surface area contributed by atoms with Crippen LogP contribution in [0.1, 0.15) is 53.3 Å². The van der Waals surface area contributed by atoms with Crippen molar-refractivity contribution in [1.82, 2.24) is 29.7 Å². The van der Waals surface area contributed by atoms with Crippen LogP contribution in [0.4, 0.5) is 13.2 Å². The van der Waals surface area contributed by atoms with Gasteiger partial charge in [0.1, 0.15) is 5.69 Å². The zero-order valence-corrected chi connectivity index (χ0v) is 16.4. The fraction of sp³-hybridized carbons (Fsp3) is 0.412. The van der Waals surface area contributed by atoms with E-state index in [0.717, 1.165) is 29.1 Å². The molecule has 148 valence electrons. The second kappa shape index (κ2) is 6.87. The quantitative estimate of drug-likeness (QED) is 0.636. The van der Waals surface area contributed by atoms with Crippen LogP contribution < -0.4 is 5.32 Å². The van der Waals surface area contributed by atoms with Crippen molar-refractivity contribution in [2.75, 3.05) is 0 Å². The first kappa shape index (κ1) is 18.9. The normalized spacial score (nSPS) is 14.6. The SMILES string of the molecule is CCn1ncc(Br)c1CNC(=O)c1cc2nc(C3CC3)cc(C(F)(F)F)n2n1. The third kappa shape index (κ3) is 3.50. The number of aromatic nitrogens is 5. The van der Waals surface area contributed by atoms with E-state index in [1.807, 2.05) is 6.92 Å². The Balaban J connectivity index is 1.63. The second-order valence-electron chi connectivity index (χ2n) is 6.58. The van der Waals surface area contributed by atoms with Crippen LogP contribution in [-0.4, -0.2) is 30.3 Å². The summed E-state index contributed by atoms with van der Waals surface area (Å²) in [6, 6.07) is 2.30. The Bertz CT molecular complexity index is 1050. The third-order valence-corrected chi connectivity index (χ3v) is 5.24. The summed E-state index contributed by atoms with van der Waals surface area (Å²) in [4.78, 5) is 16.7. The van der Waals surface area contributed by atoms with Gasteiger partial charge in [-0.25, -0.2) is 9.50 Å². The first-order chi connectivity index (χ1) is 13.3. The van der Waals surface area contributed by atoms with Crippen molar-refractivity contribution in [3.63, 3.8) is 0 Å². The van der Waals surface area contributed by atoms with Gasteiger partial charge in [-0.15, -0.1) is 0 Å². The minimum absolute atomic E-state index is 0.0154. The van der Waals surface area contributed by atoms with Crippen LogP contribution in [0.5, 0.6) is 0 Å². The molecular formula is C17H16BrF3N6O. The number of aryl methyl sites for hydroxylation is 1. The number of hydrogen-bond donors (Lipinski definition) is 1. The summed E-state index contributed by atoms with van der Waals surface area (Å²) in [5, 5.41) is 10.7. The summed E-state index contributed by atoms with van der Waals surface area (Å²) < 4.78 is 43.5. The Hall–Kier alpha value is -2.43. The molecule has 3 aromatic heterocycles. The van der Waals surface area contributed by atoms with Crippen LogP contribution in [0.25, 0.3) is 5.65 Å². The van der Waals surface area contributed by atoms with Gasteiger partial charge in [-0.1, -0.05) is 0 Å². The molecule has 11 heteroatoms. The topological polar surface area (TPSA) is 77.1 Å². The molecule has 3 aromatic rings. The zero-order chi connectivity index (χ0) is 20.1. The number of nitrogens with zero attached hydrogens (tertiary/aromatic N) is 5. The van der Waals surface area contributed by atoms with E-state index in [1.54, 1.807) is 10.9 Å². The second-order valence-corrected chi connectivity index (χ2v) is 7.43. The van der Waals surface area contributed by atoms with E-state index in [4.69, 9.17) is 0 Å². The lowest BCUT2D eigenvalue weighted by Gasteiger charge is -2.10. The van der Waals surface area contributed by atoms with Gasteiger partial charge >= 0.3 is 6.18 Å². The summed E-state index contributed by atoms with van der Waals surface area (Å²) >= 11 is 3.36. The fourth-order valence-corrected chi connectivity index (χ4v) is 3.42. The molecule has 0 bridgehead atoms. The van der Waals surface area contributed by atoms with Crippen molar-refractivity contribution < 1.29 is 18.0 Å². The van der Waals surface area contributed by atoms with Crippen molar-refractivity contribution in [2.24, 2.45) is 0 Å². The molecule has 0 radical (unpaired) electrons. The number of halogens is 4. The number of carbonyl (C=O) groups is 1. The maximum absolute atomic E-state index is 13.4. The average Bonchev–Trinajstić information content (AvgIpc) is 3.30. The van der Waals surface area contributed by atoms with Crippen LogP contribution in [0.3, 0.4) is 0 Å². The van der Waals surface area contributed by atoms with Crippen LogP contribution in [0.15, 0.2) is 22.8 Å². The molecule has 0 atom stereocenters. The predicted molar refractivity (Wildman–Crippen MR) is 96.7 cm³/mol. The third-order valence-electron chi connectivity index (χ3n) is 4.58. The van der Waals surface area contributed by atoms with E-state index in [9.17, 15) is 18.0 Å². The molecule has 1 aliphatic carbocycles. The minimum Gasteiger partial charge on any atom is -0.345 e. The predicted octanol–water partition coefficient (Wildman–Crippen LogP) is 3.53. The van der Waals surface area contributed by atoms with Gasteiger partial charge in [0.15, 0.2) is 11.3 Å². The smallest absolute Gasteiger partial charge is 0.345 e. The van der Waals surface area contributed by atoms with E-state index < -0.39 is 17.8 Å². The van der Waals surface area contributed by atoms with E-state index in [0.29, 0.717) is 16.8 Å². The summed E-state index contributed by atoms with van der Waals surface area (Å²) in [5.41, 5.74) is 0.115. The molecule has 1 saturated carbocycles. The number of fused-ring (bicyclic) bond motifs is 1. The highest BCUT2D eigenvalue weighted by Crippen LogP contribution is 2.41. The minimum atomic E-state index is -4.59. The molecule has 0 unspecified atom stereocenters. The van der Waals surface area contributed by atoms with E-state index in [1.165, 1.54) is 6.07 Å². The molecule has 0 aromatic carbocycles. The maximum atomic E-state index is 13.4. The van der Waals surface area contributed by atoms with Crippen molar-refractivity contribution >= 4 is 27.5 Å². The first-order valence-electron chi connectivity index (χ1n) is 8.74. The van der Waals surface area contributed by atoms with E-state index in [2.05, 4.69) is 36.4 Å². The van der Waals surface area contributed by atoms with Crippen LogP contribution >= 0.6 is 15.9 Å². The number of nitrogens with one attached hydrogen (secondary N) is 1. The van der Waals surface area contributed by atoms with Crippen molar-refractivity contribution in [2.45, 2.75) is 44.9 Å². The van der Waals surface area contributed by atoms with Crippen molar-refractivity contribution in [3.8, 4) is 0 Å². The molecule has 3 heterocycles. The van der Waals surface area contributed by atoms with Crippen LogP contribution in [-0.2, 0) is 19.3 Å². The van der Waals surface area contributed by atoms with Gasteiger partial charge in [0.05, 0.1) is 22.9 Å². The van der Waals surface area contributed by atoms with Gasteiger partial charge in [-0.2, -0.15) is 23.4 Å². The Morgan fingerprint density at radius 1 is 1.36 bits per heavy atom. The lowest BCUT2D eigenvalue weighted by molar-refractivity contribution is -0.142. The number of carbonyl (C=O) groups excluding carboxylic acids is 1. The Morgan fingerprint density at radius 3 is 2.75 bits per heavy atom. The number of amides is 1. The van der Waals surface area contributed by atoms with Gasteiger partial charge in [-0.3, -0.25) is 9.48 Å². The highest BCUT2D eigenvalue weighted by Gasteiger charge is 2.37. The average molecular weight is 457 g/mol. The molecule has 0 saturated heterocycles. The Kier molecular flexibility index (Phi) is 4.64. The molecule has 1 aliphatic rings. The first-order valence-corrected chi connectivity index (χ1v) is 9.53. The summed E-state index contributed by atoms with van der Waals surface area (Å²) in [6.45, 7) is 2.69. The van der Waals surface area contributed by atoms with Crippen LogP contribution in [0, 0.1) is 0 Å². The van der Waals surface area contributed by atoms with Gasteiger partial charge in [0, 0.05) is 24.2 Å². The number of rotatable bonds is 5. The van der Waals surface area contributed by atoms with Crippen molar-refractivity contribution in [1.29, 1.82) is 0 Å². The highest BCUT2D eigenvalue weighted by atomic mass is 79.9. The molecule has 4 rings (SSSR count). The maximum Gasteiger partial charge on any atom is 0.433 e.